The van der Waals surface area contributed by atoms with Gasteiger partial charge < -0.3 is 20.1 Å². The van der Waals surface area contributed by atoms with E-state index in [1.807, 2.05) is 12.1 Å². The number of aldehydes is 1. The highest BCUT2D eigenvalue weighted by Crippen LogP contribution is 2.33. The summed E-state index contributed by atoms with van der Waals surface area (Å²) in [7, 11) is 0. The van der Waals surface area contributed by atoms with Crippen molar-refractivity contribution in [2.45, 2.75) is 65.0 Å². The molecule has 9 heteroatoms. The van der Waals surface area contributed by atoms with E-state index < -0.39 is 23.5 Å². The number of nitrogens with zero attached hydrogens (tertiary/aromatic N) is 1. The van der Waals surface area contributed by atoms with E-state index in [1.54, 1.807) is 38.3 Å². The minimum atomic E-state index is -0.896. The van der Waals surface area contributed by atoms with Gasteiger partial charge in [-0.2, -0.15) is 0 Å². The average Bonchev–Trinajstić information content (AvgIpc) is 3.28. The maximum atomic E-state index is 12.9. The number of thiophene rings is 1. The lowest BCUT2D eigenvalue weighted by Crippen LogP contribution is -2.45. The van der Waals surface area contributed by atoms with Gasteiger partial charge in [-0.1, -0.05) is 24.3 Å². The maximum absolute atomic E-state index is 12.9. The fourth-order valence-corrected chi connectivity index (χ4v) is 4.57. The Labute approximate surface area is 196 Å². The van der Waals surface area contributed by atoms with Crippen molar-refractivity contribution in [3.63, 3.8) is 0 Å². The number of carbonyl (C=O) groups is 4. The van der Waals surface area contributed by atoms with Gasteiger partial charge >= 0.3 is 5.97 Å². The van der Waals surface area contributed by atoms with E-state index in [4.69, 9.17) is 15.2 Å². The van der Waals surface area contributed by atoms with Crippen molar-refractivity contribution >= 4 is 35.4 Å². The lowest BCUT2D eigenvalue weighted by Gasteiger charge is -2.26. The molecule has 1 aromatic heterocycles. The highest BCUT2D eigenvalue weighted by molar-refractivity contribution is 7.10. The van der Waals surface area contributed by atoms with Crippen LogP contribution < -0.4 is 5.73 Å². The summed E-state index contributed by atoms with van der Waals surface area (Å²) in [5.74, 6) is -1.37. The van der Waals surface area contributed by atoms with Crippen molar-refractivity contribution in [2.24, 2.45) is 5.73 Å². The predicted octanol–water partition coefficient (Wildman–Crippen LogP) is 3.21. The Morgan fingerprint density at radius 1 is 1.21 bits per heavy atom. The zero-order valence-corrected chi connectivity index (χ0v) is 19.8. The number of hydrogen-bond acceptors (Lipinski definition) is 7. The van der Waals surface area contributed by atoms with Crippen molar-refractivity contribution in [3.8, 4) is 0 Å². The van der Waals surface area contributed by atoms with E-state index in [0.29, 0.717) is 24.3 Å². The van der Waals surface area contributed by atoms with Crippen LogP contribution in [0.1, 0.15) is 70.3 Å². The van der Waals surface area contributed by atoms with Crippen LogP contribution in [-0.2, 0) is 38.8 Å². The van der Waals surface area contributed by atoms with Crippen molar-refractivity contribution in [1.29, 1.82) is 0 Å². The Bertz CT molecular complexity index is 1040. The number of amides is 2. The third-order valence-corrected chi connectivity index (χ3v) is 6.17. The number of esters is 1. The largest absolute Gasteiger partial charge is 0.460 e. The lowest BCUT2D eigenvalue weighted by atomic mass is 10.1. The number of rotatable bonds is 10. The Kier molecular flexibility index (Phi) is 7.65. The van der Waals surface area contributed by atoms with Gasteiger partial charge in [0.2, 0.25) is 5.91 Å². The van der Waals surface area contributed by atoms with Crippen molar-refractivity contribution in [3.05, 3.63) is 56.8 Å². The van der Waals surface area contributed by atoms with Crippen LogP contribution in [0, 0.1) is 0 Å². The number of fused-ring (bicyclic) bond motifs is 1. The molecule has 0 radical (unpaired) electrons. The number of ether oxygens (including phenoxy) is 2. The Morgan fingerprint density at radius 3 is 2.52 bits per heavy atom. The molecule has 0 saturated heterocycles. The predicted molar refractivity (Wildman–Crippen MR) is 123 cm³/mol. The molecule has 2 N–H and O–H groups in total. The van der Waals surface area contributed by atoms with Crippen LogP contribution in [0.2, 0.25) is 0 Å². The summed E-state index contributed by atoms with van der Waals surface area (Å²) in [6.45, 7) is 6.22. The number of hydrogen-bond donors (Lipinski definition) is 1. The molecule has 0 bridgehead atoms. The molecular weight excluding hydrogens is 444 g/mol. The summed E-state index contributed by atoms with van der Waals surface area (Å²) in [5.41, 5.74) is 7.84. The summed E-state index contributed by atoms with van der Waals surface area (Å²) < 4.78 is 11.1. The highest BCUT2D eigenvalue weighted by Gasteiger charge is 2.38. The van der Waals surface area contributed by atoms with Crippen molar-refractivity contribution in [1.82, 2.24) is 4.90 Å². The van der Waals surface area contributed by atoms with Gasteiger partial charge in [-0.25, -0.2) is 0 Å². The topological polar surface area (TPSA) is 116 Å². The molecule has 2 aromatic rings. The summed E-state index contributed by atoms with van der Waals surface area (Å²) in [6.07, 6.45) is 0.877. The molecule has 1 atom stereocenters. The van der Waals surface area contributed by atoms with E-state index in [0.717, 1.165) is 22.3 Å². The molecule has 1 aliphatic heterocycles. The van der Waals surface area contributed by atoms with E-state index in [2.05, 4.69) is 0 Å². The third-order valence-electron chi connectivity index (χ3n) is 5.16. The van der Waals surface area contributed by atoms with E-state index >= 15 is 0 Å². The highest BCUT2D eigenvalue weighted by atomic mass is 32.1. The molecule has 0 saturated carbocycles. The molecule has 1 aliphatic rings. The Balaban J connectivity index is 1.61. The fourth-order valence-electron chi connectivity index (χ4n) is 3.60. The summed E-state index contributed by atoms with van der Waals surface area (Å²) in [6, 6.07) is 6.22. The lowest BCUT2D eigenvalue weighted by molar-refractivity contribution is -0.155. The van der Waals surface area contributed by atoms with Crippen LogP contribution in [0.25, 0.3) is 0 Å². The van der Waals surface area contributed by atoms with E-state index in [-0.39, 0.29) is 25.3 Å². The summed E-state index contributed by atoms with van der Waals surface area (Å²) in [4.78, 5) is 50.2. The molecule has 2 heterocycles. The second kappa shape index (κ2) is 10.3. The Hall–Kier alpha value is -3.04. The normalized spacial score (nSPS) is 14.2. The van der Waals surface area contributed by atoms with Gasteiger partial charge in [0.05, 0.1) is 18.8 Å². The summed E-state index contributed by atoms with van der Waals surface area (Å²) >= 11 is 1.43. The molecule has 2 amide bonds. The molecule has 0 spiro atoms. The first kappa shape index (κ1) is 24.6. The van der Waals surface area contributed by atoms with Gasteiger partial charge in [0, 0.05) is 34.3 Å². The molecule has 1 aromatic carbocycles. The van der Waals surface area contributed by atoms with Gasteiger partial charge in [0.15, 0.2) is 0 Å². The van der Waals surface area contributed by atoms with Crippen LogP contribution in [0.15, 0.2) is 29.6 Å². The van der Waals surface area contributed by atoms with Gasteiger partial charge in [0.25, 0.3) is 5.91 Å². The minimum Gasteiger partial charge on any atom is -0.460 e. The SMILES string of the molecule is CC(C)(C)OC(=O)CC[C@@H](C(N)=O)N1Cc2c(csc2COCc2ccc(C=O)cc2)C1=O. The van der Waals surface area contributed by atoms with E-state index in [1.165, 1.54) is 16.2 Å². The quantitative estimate of drug-likeness (QED) is 0.419. The molecule has 33 heavy (non-hydrogen) atoms. The standard InChI is InChI=1S/C24H28N2O6S/c1-24(2,3)32-21(28)9-8-19(22(25)29)26-10-17-18(23(26)30)14-33-20(17)13-31-12-16-6-4-15(11-27)5-7-16/h4-7,11,14,19H,8-10,12-13H2,1-3H3,(H2,25,29)/t19-/m0/s1. The van der Waals surface area contributed by atoms with Crippen LogP contribution in [-0.4, -0.2) is 40.6 Å². The first-order chi connectivity index (χ1) is 15.6. The van der Waals surface area contributed by atoms with Crippen molar-refractivity contribution < 1.29 is 28.7 Å². The van der Waals surface area contributed by atoms with Crippen LogP contribution in [0.4, 0.5) is 0 Å². The average molecular weight is 473 g/mol. The number of primary amides is 1. The molecule has 176 valence electrons. The number of carbonyl (C=O) groups excluding carboxylic acids is 4. The number of benzene rings is 1. The molecular formula is C24H28N2O6S. The first-order valence-electron chi connectivity index (χ1n) is 10.6. The smallest absolute Gasteiger partial charge is 0.306 e. The van der Waals surface area contributed by atoms with Gasteiger partial charge in [-0.3, -0.25) is 19.2 Å². The molecule has 0 aliphatic carbocycles. The van der Waals surface area contributed by atoms with Crippen LogP contribution in [0.5, 0.6) is 0 Å². The molecule has 8 nitrogen and oxygen atoms in total. The van der Waals surface area contributed by atoms with Gasteiger partial charge in [-0.05, 0) is 32.8 Å². The van der Waals surface area contributed by atoms with Gasteiger partial charge in [-0.15, -0.1) is 11.3 Å². The fraction of sp³-hybridized carbons (Fsp3) is 0.417. The van der Waals surface area contributed by atoms with E-state index in [9.17, 15) is 19.2 Å². The second-order valence-electron chi connectivity index (χ2n) is 8.88. The molecule has 0 unspecified atom stereocenters. The van der Waals surface area contributed by atoms with Crippen molar-refractivity contribution in [2.75, 3.05) is 0 Å². The molecule has 3 rings (SSSR count). The van der Waals surface area contributed by atoms with Gasteiger partial charge in [0.1, 0.15) is 17.9 Å². The maximum Gasteiger partial charge on any atom is 0.306 e. The third kappa shape index (κ3) is 6.27. The van der Waals surface area contributed by atoms with Crippen LogP contribution in [0.3, 0.4) is 0 Å². The Morgan fingerprint density at radius 2 is 1.91 bits per heavy atom. The zero-order valence-electron chi connectivity index (χ0n) is 19.0. The minimum absolute atomic E-state index is 0.0135. The molecule has 0 fully saturated rings. The first-order valence-corrected chi connectivity index (χ1v) is 11.5. The second-order valence-corrected chi connectivity index (χ2v) is 9.84. The monoisotopic (exact) mass is 472 g/mol. The van der Waals surface area contributed by atoms with Crippen LogP contribution >= 0.6 is 11.3 Å². The zero-order chi connectivity index (χ0) is 24.2. The summed E-state index contributed by atoms with van der Waals surface area (Å²) in [5, 5.41) is 1.77. The number of nitrogens with two attached hydrogens (primary N) is 1.